The van der Waals surface area contributed by atoms with E-state index in [1.54, 1.807) is 4.81 Å². The summed E-state index contributed by atoms with van der Waals surface area (Å²) in [5.41, 5.74) is 0. The van der Waals surface area contributed by atoms with Crippen molar-refractivity contribution in [3.05, 3.63) is 12.7 Å². The highest BCUT2D eigenvalue weighted by Crippen LogP contribution is 1.79. The molecule has 0 unspecified atom stereocenters. The summed E-state index contributed by atoms with van der Waals surface area (Å²) in [5, 5.41) is 0. The second kappa shape index (κ2) is 3.94. The normalized spacial score (nSPS) is 9.43. The molecule has 0 heterocycles. The Balaban J connectivity index is 2.81. The Morgan fingerprint density at radius 3 is 2.57 bits per heavy atom. The fourth-order valence-electron chi connectivity index (χ4n) is 0.295. The van der Waals surface area contributed by atoms with Crippen LogP contribution in [0, 0.1) is 0 Å². The highest BCUT2D eigenvalue weighted by atomic mass is 15.0. The van der Waals surface area contributed by atoms with E-state index in [9.17, 15) is 0 Å². The highest BCUT2D eigenvalue weighted by molar-refractivity contribution is 6.04. The summed E-state index contributed by atoms with van der Waals surface area (Å²) in [7, 11) is 7.10. The maximum absolute atomic E-state index is 5.26. The molecule has 0 saturated heterocycles. The molecule has 2 heteroatoms. The molecule has 0 fully saturated rings. The molecule has 0 aromatic carbocycles. The average Bonchev–Trinajstić information content (AvgIpc) is 1.61. The Morgan fingerprint density at radius 2 is 2.43 bits per heavy atom. The Kier molecular flexibility index (Phi) is 3.81. The molecule has 0 aromatic rings. The van der Waals surface area contributed by atoms with Crippen LogP contribution in [-0.4, -0.2) is 26.4 Å². The minimum Gasteiger partial charge on any atom is -0.356 e. The molecule has 0 spiro atoms. The van der Waals surface area contributed by atoms with Crippen LogP contribution in [0.25, 0.3) is 0 Å². The standard InChI is InChI=1S/C5H10BN/c1-3-4-5-7(2)6/h3H,1,4-5H2,2H3. The molecule has 7 heavy (non-hydrogen) atoms. The van der Waals surface area contributed by atoms with E-state index in [1.807, 2.05) is 13.1 Å². The van der Waals surface area contributed by atoms with Gasteiger partial charge in [-0.1, -0.05) is 6.08 Å². The molecule has 0 aliphatic heterocycles. The van der Waals surface area contributed by atoms with E-state index in [0.717, 1.165) is 13.0 Å². The van der Waals surface area contributed by atoms with Crippen LogP contribution in [-0.2, 0) is 0 Å². The van der Waals surface area contributed by atoms with Gasteiger partial charge in [0.15, 0.2) is 7.98 Å². The second-order valence-corrected chi connectivity index (χ2v) is 1.56. The van der Waals surface area contributed by atoms with Crippen LogP contribution >= 0.6 is 0 Å². The molecule has 0 N–H and O–H groups in total. The molecule has 1 nitrogen and oxygen atoms in total. The molecule has 38 valence electrons. The molecule has 0 aromatic heterocycles. The van der Waals surface area contributed by atoms with E-state index < -0.39 is 0 Å². The monoisotopic (exact) mass is 95.1 g/mol. The van der Waals surface area contributed by atoms with Crippen molar-refractivity contribution in [1.29, 1.82) is 0 Å². The molecule has 0 atom stereocenters. The molecule has 0 aliphatic carbocycles. The first kappa shape index (κ1) is 6.76. The molecule has 0 aliphatic rings. The van der Waals surface area contributed by atoms with Crippen LogP contribution in [0.4, 0.5) is 0 Å². The Hall–Kier alpha value is -0.235. The molecule has 0 rings (SSSR count). The maximum Gasteiger partial charge on any atom is 0.182 e. The van der Waals surface area contributed by atoms with E-state index >= 15 is 0 Å². The van der Waals surface area contributed by atoms with E-state index in [1.165, 1.54) is 0 Å². The lowest BCUT2D eigenvalue weighted by atomic mass is 10.3. The topological polar surface area (TPSA) is 3.24 Å². The lowest BCUT2D eigenvalue weighted by molar-refractivity contribution is 0.555. The summed E-state index contributed by atoms with van der Waals surface area (Å²) >= 11 is 0. The van der Waals surface area contributed by atoms with Crippen molar-refractivity contribution >= 4 is 7.98 Å². The first-order chi connectivity index (χ1) is 3.27. The number of nitrogens with zero attached hydrogens (tertiary/aromatic N) is 1. The van der Waals surface area contributed by atoms with E-state index in [4.69, 9.17) is 7.98 Å². The van der Waals surface area contributed by atoms with Gasteiger partial charge in [0, 0.05) is 0 Å². The molecular weight excluding hydrogens is 84.9 g/mol. The number of hydrogen-bond acceptors (Lipinski definition) is 1. The lowest BCUT2D eigenvalue weighted by Crippen LogP contribution is -2.13. The van der Waals surface area contributed by atoms with Gasteiger partial charge in [0.25, 0.3) is 0 Å². The van der Waals surface area contributed by atoms with Crippen molar-refractivity contribution in [2.24, 2.45) is 0 Å². The third-order valence-electron chi connectivity index (χ3n) is 0.686. The van der Waals surface area contributed by atoms with Gasteiger partial charge in [0.1, 0.15) is 0 Å². The van der Waals surface area contributed by atoms with Crippen LogP contribution < -0.4 is 0 Å². The quantitative estimate of drug-likeness (QED) is 0.366. The third kappa shape index (κ3) is 5.76. The van der Waals surface area contributed by atoms with Crippen molar-refractivity contribution in [3.8, 4) is 0 Å². The van der Waals surface area contributed by atoms with Gasteiger partial charge in [-0.15, -0.1) is 6.58 Å². The van der Waals surface area contributed by atoms with E-state index in [-0.39, 0.29) is 0 Å². The summed E-state index contributed by atoms with van der Waals surface area (Å²) < 4.78 is 0. The Labute approximate surface area is 46.4 Å². The largest absolute Gasteiger partial charge is 0.356 e. The fourth-order valence-corrected chi connectivity index (χ4v) is 0.295. The van der Waals surface area contributed by atoms with Crippen LogP contribution in [0.5, 0.6) is 0 Å². The predicted octanol–water partition coefficient (Wildman–Crippen LogP) is 0.578. The minimum atomic E-state index is 0.892. The van der Waals surface area contributed by atoms with Gasteiger partial charge in [-0.2, -0.15) is 0 Å². The van der Waals surface area contributed by atoms with E-state index in [0.29, 0.717) is 0 Å². The van der Waals surface area contributed by atoms with Gasteiger partial charge in [-0.3, -0.25) is 0 Å². The number of hydrogen-bond donors (Lipinski definition) is 0. The minimum absolute atomic E-state index is 0.892. The SMILES string of the molecule is [B]N(C)CCC=C. The fraction of sp³-hybridized carbons (Fsp3) is 0.600. The maximum atomic E-state index is 5.26. The smallest absolute Gasteiger partial charge is 0.182 e. The highest BCUT2D eigenvalue weighted by Gasteiger charge is 1.81. The molecule has 0 saturated carbocycles. The van der Waals surface area contributed by atoms with Crippen molar-refractivity contribution in [1.82, 2.24) is 4.81 Å². The number of rotatable bonds is 3. The van der Waals surface area contributed by atoms with Crippen LogP contribution in [0.1, 0.15) is 6.42 Å². The summed E-state index contributed by atoms with van der Waals surface area (Å²) in [6.45, 7) is 4.44. The van der Waals surface area contributed by atoms with Gasteiger partial charge in [-0.25, -0.2) is 0 Å². The lowest BCUT2D eigenvalue weighted by Gasteiger charge is -2.05. The third-order valence-corrected chi connectivity index (χ3v) is 0.686. The molecule has 0 amide bonds. The zero-order chi connectivity index (χ0) is 5.70. The van der Waals surface area contributed by atoms with Gasteiger partial charge in [-0.05, 0) is 20.0 Å². The zero-order valence-electron chi connectivity index (χ0n) is 4.72. The van der Waals surface area contributed by atoms with Gasteiger partial charge in [0.2, 0.25) is 0 Å². The molecular formula is C5H10BN. The average molecular weight is 95.0 g/mol. The zero-order valence-corrected chi connectivity index (χ0v) is 4.72. The van der Waals surface area contributed by atoms with E-state index in [2.05, 4.69) is 6.58 Å². The van der Waals surface area contributed by atoms with Crippen LogP contribution in [0.2, 0.25) is 0 Å². The first-order valence-corrected chi connectivity index (χ1v) is 2.34. The second-order valence-electron chi connectivity index (χ2n) is 1.56. The predicted molar refractivity (Wildman–Crippen MR) is 33.2 cm³/mol. The van der Waals surface area contributed by atoms with Gasteiger partial charge in [0.05, 0.1) is 0 Å². The summed E-state index contributed by atoms with van der Waals surface area (Å²) in [6.07, 6.45) is 2.82. The first-order valence-electron chi connectivity index (χ1n) is 2.34. The van der Waals surface area contributed by atoms with Crippen molar-refractivity contribution < 1.29 is 0 Å². The van der Waals surface area contributed by atoms with Crippen molar-refractivity contribution in [3.63, 3.8) is 0 Å². The van der Waals surface area contributed by atoms with Crippen molar-refractivity contribution in [2.75, 3.05) is 13.6 Å². The van der Waals surface area contributed by atoms with Gasteiger partial charge < -0.3 is 4.81 Å². The Morgan fingerprint density at radius 1 is 1.86 bits per heavy atom. The van der Waals surface area contributed by atoms with Gasteiger partial charge >= 0.3 is 0 Å². The summed E-state index contributed by atoms with van der Waals surface area (Å²) in [4.78, 5) is 1.64. The summed E-state index contributed by atoms with van der Waals surface area (Å²) in [6, 6.07) is 0. The summed E-state index contributed by atoms with van der Waals surface area (Å²) in [5.74, 6) is 0. The van der Waals surface area contributed by atoms with Crippen molar-refractivity contribution in [2.45, 2.75) is 6.42 Å². The Bertz CT molecular complexity index is 52.0. The molecule has 0 bridgehead atoms. The molecule has 2 radical (unpaired) electrons. The van der Waals surface area contributed by atoms with Crippen LogP contribution in [0.15, 0.2) is 12.7 Å². The van der Waals surface area contributed by atoms with Crippen LogP contribution in [0.3, 0.4) is 0 Å².